The highest BCUT2D eigenvalue weighted by Gasteiger charge is 2.14. The van der Waals surface area contributed by atoms with Crippen molar-refractivity contribution < 1.29 is 4.79 Å². The number of anilines is 1. The van der Waals surface area contributed by atoms with Crippen LogP contribution in [0.1, 0.15) is 42.3 Å². The molecule has 1 aromatic carbocycles. The summed E-state index contributed by atoms with van der Waals surface area (Å²) in [7, 11) is 0. The van der Waals surface area contributed by atoms with Crippen LogP contribution in [0.3, 0.4) is 0 Å². The van der Waals surface area contributed by atoms with Crippen LogP contribution in [-0.4, -0.2) is 20.8 Å². The van der Waals surface area contributed by atoms with Crippen LogP contribution >= 0.6 is 0 Å². The lowest BCUT2D eigenvalue weighted by atomic mass is 9.87. The Morgan fingerprint density at radius 3 is 2.42 bits per heavy atom. The van der Waals surface area contributed by atoms with Crippen molar-refractivity contribution in [2.75, 3.05) is 10.7 Å². The number of carbonyl (C=O) groups excluding carboxylic acids is 1. The summed E-state index contributed by atoms with van der Waals surface area (Å²) in [6, 6.07) is 11.8. The van der Waals surface area contributed by atoms with E-state index in [1.807, 2.05) is 36.4 Å². The van der Waals surface area contributed by atoms with E-state index in [4.69, 9.17) is 0 Å². The van der Waals surface area contributed by atoms with Gasteiger partial charge in [0.25, 0.3) is 5.91 Å². The van der Waals surface area contributed by atoms with E-state index in [2.05, 4.69) is 41.6 Å². The van der Waals surface area contributed by atoms with Crippen molar-refractivity contribution in [1.82, 2.24) is 14.9 Å². The topological polar surface area (TPSA) is 71.8 Å². The van der Waals surface area contributed by atoms with Crippen molar-refractivity contribution in [2.24, 2.45) is 0 Å². The molecule has 0 saturated heterocycles. The number of rotatable bonds is 5. The number of amides is 1. The van der Waals surface area contributed by atoms with Gasteiger partial charge in [-0.25, -0.2) is 0 Å². The second-order valence-corrected chi connectivity index (χ2v) is 7.15. The average molecular weight is 349 g/mol. The molecule has 3 rings (SSSR count). The highest BCUT2D eigenvalue weighted by Crippen LogP contribution is 2.23. The molecule has 0 unspecified atom stereocenters. The Morgan fingerprint density at radius 1 is 1.08 bits per heavy atom. The predicted molar refractivity (Wildman–Crippen MR) is 103 cm³/mol. The van der Waals surface area contributed by atoms with Crippen LogP contribution in [-0.2, 0) is 12.0 Å². The molecule has 0 radical (unpaired) electrons. The molecule has 2 N–H and O–H groups in total. The lowest BCUT2D eigenvalue weighted by molar-refractivity contribution is 0.102. The zero-order chi connectivity index (χ0) is 18.6. The van der Waals surface area contributed by atoms with Crippen LogP contribution in [0.2, 0.25) is 0 Å². The van der Waals surface area contributed by atoms with Gasteiger partial charge in [0.05, 0.1) is 24.5 Å². The van der Waals surface area contributed by atoms with Gasteiger partial charge in [-0.2, -0.15) is 9.89 Å². The molecule has 0 fully saturated rings. The van der Waals surface area contributed by atoms with Gasteiger partial charge in [0.1, 0.15) is 0 Å². The van der Waals surface area contributed by atoms with Crippen LogP contribution in [0.25, 0.3) is 0 Å². The third-order valence-electron chi connectivity index (χ3n) is 4.05. The van der Waals surface area contributed by atoms with Crippen LogP contribution in [0.5, 0.6) is 0 Å². The maximum absolute atomic E-state index is 12.4. The SMILES string of the molecule is CC(C)(C)c1ccc(NC(=O)c2cnn(NCc3ccncc3)c2)cc1. The maximum atomic E-state index is 12.4. The molecule has 0 spiro atoms. The number of benzene rings is 1. The zero-order valence-corrected chi connectivity index (χ0v) is 15.2. The van der Waals surface area contributed by atoms with Crippen LogP contribution in [0.4, 0.5) is 5.69 Å². The summed E-state index contributed by atoms with van der Waals surface area (Å²) in [5, 5.41) is 7.07. The number of carbonyl (C=O) groups is 1. The number of hydrogen-bond donors (Lipinski definition) is 2. The molecule has 0 atom stereocenters. The molecule has 2 heterocycles. The minimum absolute atomic E-state index is 0.0875. The largest absolute Gasteiger partial charge is 0.322 e. The Bertz CT molecular complexity index is 863. The first-order chi connectivity index (χ1) is 12.4. The van der Waals surface area contributed by atoms with E-state index < -0.39 is 0 Å². The van der Waals surface area contributed by atoms with Crippen LogP contribution in [0.15, 0.2) is 61.2 Å². The fourth-order valence-electron chi connectivity index (χ4n) is 2.46. The monoisotopic (exact) mass is 349 g/mol. The van der Waals surface area contributed by atoms with Crippen molar-refractivity contribution >= 4 is 11.6 Å². The normalized spacial score (nSPS) is 11.2. The van der Waals surface area contributed by atoms with E-state index in [0.29, 0.717) is 12.1 Å². The fraction of sp³-hybridized carbons (Fsp3) is 0.250. The molecule has 6 heteroatoms. The van der Waals surface area contributed by atoms with Gasteiger partial charge >= 0.3 is 0 Å². The van der Waals surface area contributed by atoms with Crippen molar-refractivity contribution in [3.05, 3.63) is 77.9 Å². The first-order valence-corrected chi connectivity index (χ1v) is 8.51. The average Bonchev–Trinajstić information content (AvgIpc) is 3.10. The molecule has 0 aliphatic heterocycles. The minimum atomic E-state index is -0.189. The van der Waals surface area contributed by atoms with E-state index >= 15 is 0 Å². The molecule has 0 bridgehead atoms. The summed E-state index contributed by atoms with van der Waals surface area (Å²) in [4.78, 5) is 17.9. The summed E-state index contributed by atoms with van der Waals surface area (Å²) < 4.78 is 0. The highest BCUT2D eigenvalue weighted by molar-refractivity contribution is 6.03. The third-order valence-corrected chi connectivity index (χ3v) is 4.05. The number of aromatic nitrogens is 3. The summed E-state index contributed by atoms with van der Waals surface area (Å²) in [6.07, 6.45) is 6.69. The van der Waals surface area contributed by atoms with Crippen molar-refractivity contribution in [3.63, 3.8) is 0 Å². The molecule has 3 aromatic rings. The molecular weight excluding hydrogens is 326 g/mol. The molecule has 0 aliphatic carbocycles. The summed E-state index contributed by atoms with van der Waals surface area (Å²) >= 11 is 0. The zero-order valence-electron chi connectivity index (χ0n) is 15.2. The van der Waals surface area contributed by atoms with Gasteiger partial charge in [-0.1, -0.05) is 32.9 Å². The van der Waals surface area contributed by atoms with E-state index in [0.717, 1.165) is 11.3 Å². The third kappa shape index (κ3) is 4.47. The van der Waals surface area contributed by atoms with Gasteiger partial charge in [0.15, 0.2) is 0 Å². The standard InChI is InChI=1S/C20H23N5O/c1-20(2,3)17-4-6-18(7-5-17)24-19(26)16-13-23-25(14-16)22-12-15-8-10-21-11-9-15/h4-11,13-14,22H,12H2,1-3H3,(H,24,26). The van der Waals surface area contributed by atoms with Crippen LogP contribution in [0, 0.1) is 0 Å². The predicted octanol–water partition coefficient (Wildman–Crippen LogP) is 3.57. The highest BCUT2D eigenvalue weighted by atomic mass is 16.1. The van der Waals surface area contributed by atoms with Crippen molar-refractivity contribution in [3.8, 4) is 0 Å². The summed E-state index contributed by atoms with van der Waals surface area (Å²) in [6.45, 7) is 7.08. The Morgan fingerprint density at radius 2 is 1.77 bits per heavy atom. The minimum Gasteiger partial charge on any atom is -0.322 e. The van der Waals surface area contributed by atoms with E-state index in [1.165, 1.54) is 10.4 Å². The lowest BCUT2D eigenvalue weighted by Crippen LogP contribution is -2.15. The smallest absolute Gasteiger partial charge is 0.258 e. The number of hydrogen-bond acceptors (Lipinski definition) is 4. The Balaban J connectivity index is 1.59. The Hall–Kier alpha value is -3.15. The van der Waals surface area contributed by atoms with Crippen molar-refractivity contribution in [1.29, 1.82) is 0 Å². The lowest BCUT2D eigenvalue weighted by Gasteiger charge is -2.19. The fourth-order valence-corrected chi connectivity index (χ4v) is 2.46. The van der Waals surface area contributed by atoms with Crippen LogP contribution < -0.4 is 10.7 Å². The first kappa shape index (κ1) is 17.7. The van der Waals surface area contributed by atoms with E-state index in [9.17, 15) is 4.79 Å². The van der Waals surface area contributed by atoms with Gasteiger partial charge < -0.3 is 10.7 Å². The Kier molecular flexibility index (Phi) is 5.02. The molecule has 134 valence electrons. The van der Waals surface area contributed by atoms with E-state index in [-0.39, 0.29) is 11.3 Å². The number of pyridine rings is 1. The molecule has 2 aromatic heterocycles. The molecule has 0 saturated carbocycles. The summed E-state index contributed by atoms with van der Waals surface area (Å²) in [5.41, 5.74) is 6.78. The maximum Gasteiger partial charge on any atom is 0.258 e. The molecular formula is C20H23N5O. The van der Waals surface area contributed by atoms with Crippen molar-refractivity contribution in [2.45, 2.75) is 32.7 Å². The molecule has 0 aliphatic rings. The van der Waals surface area contributed by atoms with Gasteiger partial charge in [-0.3, -0.25) is 9.78 Å². The molecule has 26 heavy (non-hydrogen) atoms. The quantitative estimate of drug-likeness (QED) is 0.739. The second-order valence-electron chi connectivity index (χ2n) is 7.15. The molecule has 6 nitrogen and oxygen atoms in total. The first-order valence-electron chi connectivity index (χ1n) is 8.51. The second kappa shape index (κ2) is 7.39. The molecule has 1 amide bonds. The number of nitrogens with one attached hydrogen (secondary N) is 2. The summed E-state index contributed by atoms with van der Waals surface area (Å²) in [5.74, 6) is -0.189. The van der Waals surface area contributed by atoms with Gasteiger partial charge in [-0.05, 0) is 40.8 Å². The van der Waals surface area contributed by atoms with E-state index in [1.54, 1.807) is 24.8 Å². The number of nitrogens with zero attached hydrogens (tertiary/aromatic N) is 3. The van der Waals surface area contributed by atoms with Gasteiger partial charge in [0.2, 0.25) is 0 Å². The van der Waals surface area contributed by atoms with Gasteiger partial charge in [-0.15, -0.1) is 0 Å². The Labute approximate surface area is 153 Å². The van der Waals surface area contributed by atoms with Gasteiger partial charge in [0, 0.05) is 18.1 Å².